The SMILES string of the molecule is COc1ccc(-n2nc(C)cc2NC(C)=O)cc1. The second-order valence-electron chi connectivity index (χ2n) is 3.96. The summed E-state index contributed by atoms with van der Waals surface area (Å²) < 4.78 is 6.80. The minimum Gasteiger partial charge on any atom is -0.497 e. The summed E-state index contributed by atoms with van der Waals surface area (Å²) in [6, 6.07) is 9.30. The van der Waals surface area contributed by atoms with E-state index < -0.39 is 0 Å². The van der Waals surface area contributed by atoms with Crippen LogP contribution in [0.2, 0.25) is 0 Å². The molecule has 1 heterocycles. The molecular weight excluding hydrogens is 230 g/mol. The van der Waals surface area contributed by atoms with Gasteiger partial charge in [-0.05, 0) is 31.2 Å². The molecule has 0 spiro atoms. The Morgan fingerprint density at radius 3 is 2.56 bits per heavy atom. The van der Waals surface area contributed by atoms with Crippen LogP contribution in [-0.4, -0.2) is 22.8 Å². The smallest absolute Gasteiger partial charge is 0.222 e. The summed E-state index contributed by atoms with van der Waals surface area (Å²) in [6.45, 7) is 3.35. The normalized spacial score (nSPS) is 10.2. The number of amides is 1. The molecule has 1 N–H and O–H groups in total. The molecule has 1 aromatic carbocycles. The molecule has 1 aromatic heterocycles. The monoisotopic (exact) mass is 245 g/mol. The second-order valence-corrected chi connectivity index (χ2v) is 3.96. The van der Waals surface area contributed by atoms with Crippen molar-refractivity contribution in [2.24, 2.45) is 0 Å². The highest BCUT2D eigenvalue weighted by Crippen LogP contribution is 2.19. The number of benzene rings is 1. The number of aromatic nitrogens is 2. The number of hydrogen-bond donors (Lipinski definition) is 1. The molecule has 0 radical (unpaired) electrons. The van der Waals surface area contributed by atoms with Crippen molar-refractivity contribution >= 4 is 11.7 Å². The maximum Gasteiger partial charge on any atom is 0.222 e. The summed E-state index contributed by atoms with van der Waals surface area (Å²) in [7, 11) is 1.62. The van der Waals surface area contributed by atoms with Crippen molar-refractivity contribution in [2.75, 3.05) is 12.4 Å². The van der Waals surface area contributed by atoms with Crippen molar-refractivity contribution in [1.82, 2.24) is 9.78 Å². The Hall–Kier alpha value is -2.30. The number of methoxy groups -OCH3 is 1. The van der Waals surface area contributed by atoms with Crippen LogP contribution in [0.15, 0.2) is 30.3 Å². The van der Waals surface area contributed by atoms with Gasteiger partial charge in [0.2, 0.25) is 5.91 Å². The Bertz CT molecular complexity index is 558. The maximum atomic E-state index is 11.1. The molecule has 0 saturated heterocycles. The van der Waals surface area contributed by atoms with Crippen LogP contribution in [0.25, 0.3) is 5.69 Å². The summed E-state index contributed by atoms with van der Waals surface area (Å²) in [5.41, 5.74) is 1.71. The highest BCUT2D eigenvalue weighted by Gasteiger charge is 2.08. The molecule has 0 saturated carbocycles. The molecule has 0 fully saturated rings. The first-order chi connectivity index (χ1) is 8.60. The van der Waals surface area contributed by atoms with Crippen LogP contribution in [0.3, 0.4) is 0 Å². The van der Waals surface area contributed by atoms with Gasteiger partial charge in [0.25, 0.3) is 0 Å². The van der Waals surface area contributed by atoms with Gasteiger partial charge in [0.15, 0.2) is 0 Å². The lowest BCUT2D eigenvalue weighted by atomic mass is 10.3. The van der Waals surface area contributed by atoms with E-state index in [-0.39, 0.29) is 5.91 Å². The van der Waals surface area contributed by atoms with Crippen molar-refractivity contribution in [1.29, 1.82) is 0 Å². The van der Waals surface area contributed by atoms with Crippen LogP contribution in [0.5, 0.6) is 5.75 Å². The molecule has 0 unspecified atom stereocenters. The first-order valence-electron chi connectivity index (χ1n) is 5.59. The molecule has 0 aliphatic carbocycles. The topological polar surface area (TPSA) is 56.1 Å². The van der Waals surface area contributed by atoms with Crippen LogP contribution in [-0.2, 0) is 4.79 Å². The van der Waals surface area contributed by atoms with E-state index in [1.54, 1.807) is 11.8 Å². The van der Waals surface area contributed by atoms with E-state index in [2.05, 4.69) is 10.4 Å². The molecule has 2 rings (SSSR count). The van der Waals surface area contributed by atoms with Crippen LogP contribution < -0.4 is 10.1 Å². The number of anilines is 1. The van der Waals surface area contributed by atoms with E-state index in [9.17, 15) is 4.79 Å². The summed E-state index contributed by atoms with van der Waals surface area (Å²) in [4.78, 5) is 11.1. The van der Waals surface area contributed by atoms with Crippen LogP contribution >= 0.6 is 0 Å². The Morgan fingerprint density at radius 1 is 1.33 bits per heavy atom. The second kappa shape index (κ2) is 4.91. The summed E-state index contributed by atoms with van der Waals surface area (Å²) in [6.07, 6.45) is 0. The summed E-state index contributed by atoms with van der Waals surface area (Å²) in [5, 5.41) is 7.10. The van der Waals surface area contributed by atoms with Crippen LogP contribution in [0.1, 0.15) is 12.6 Å². The van der Waals surface area contributed by atoms with Crippen molar-refractivity contribution in [3.8, 4) is 11.4 Å². The van der Waals surface area contributed by atoms with Gasteiger partial charge < -0.3 is 10.1 Å². The van der Waals surface area contributed by atoms with Crippen molar-refractivity contribution in [3.05, 3.63) is 36.0 Å². The number of nitrogens with one attached hydrogen (secondary N) is 1. The van der Waals surface area contributed by atoms with Crippen molar-refractivity contribution in [2.45, 2.75) is 13.8 Å². The maximum absolute atomic E-state index is 11.1. The Balaban J connectivity index is 2.39. The fourth-order valence-electron chi connectivity index (χ4n) is 1.69. The Kier molecular flexibility index (Phi) is 3.32. The molecule has 5 heteroatoms. The molecule has 18 heavy (non-hydrogen) atoms. The van der Waals surface area contributed by atoms with Gasteiger partial charge in [-0.3, -0.25) is 4.79 Å². The summed E-state index contributed by atoms with van der Waals surface area (Å²) in [5.74, 6) is 1.32. The number of aryl methyl sites for hydroxylation is 1. The highest BCUT2D eigenvalue weighted by molar-refractivity contribution is 5.88. The molecule has 1 amide bonds. The third-order valence-electron chi connectivity index (χ3n) is 2.45. The zero-order valence-corrected chi connectivity index (χ0v) is 10.6. The number of carbonyl (C=O) groups excluding carboxylic acids is 1. The van der Waals surface area contributed by atoms with E-state index in [1.807, 2.05) is 37.3 Å². The van der Waals surface area contributed by atoms with Crippen molar-refractivity contribution < 1.29 is 9.53 Å². The Labute approximate surface area is 105 Å². The van der Waals surface area contributed by atoms with E-state index in [4.69, 9.17) is 4.74 Å². The number of nitrogens with zero attached hydrogens (tertiary/aromatic N) is 2. The molecule has 0 atom stereocenters. The number of ether oxygens (including phenoxy) is 1. The molecule has 94 valence electrons. The lowest BCUT2D eigenvalue weighted by molar-refractivity contribution is -0.114. The van der Waals surface area contributed by atoms with Gasteiger partial charge in [0.05, 0.1) is 18.5 Å². The average molecular weight is 245 g/mol. The van der Waals surface area contributed by atoms with Gasteiger partial charge in [-0.25, -0.2) is 4.68 Å². The van der Waals surface area contributed by atoms with Crippen LogP contribution in [0.4, 0.5) is 5.82 Å². The van der Waals surface area contributed by atoms with Gasteiger partial charge in [-0.15, -0.1) is 0 Å². The standard InChI is InChI=1S/C13H15N3O2/c1-9-8-13(14-10(2)17)16(15-9)11-4-6-12(18-3)7-5-11/h4-8H,1-3H3,(H,14,17). The highest BCUT2D eigenvalue weighted by atomic mass is 16.5. The molecule has 0 aliphatic rings. The van der Waals surface area contributed by atoms with E-state index in [1.165, 1.54) is 6.92 Å². The first-order valence-corrected chi connectivity index (χ1v) is 5.59. The van der Waals surface area contributed by atoms with Gasteiger partial charge in [0, 0.05) is 13.0 Å². The molecule has 5 nitrogen and oxygen atoms in total. The third kappa shape index (κ3) is 2.51. The minimum atomic E-state index is -0.121. The Morgan fingerprint density at radius 2 is 2.00 bits per heavy atom. The molecule has 0 bridgehead atoms. The lowest BCUT2D eigenvalue weighted by Crippen LogP contribution is -2.10. The van der Waals surface area contributed by atoms with Gasteiger partial charge in [-0.1, -0.05) is 0 Å². The zero-order valence-electron chi connectivity index (χ0n) is 10.6. The number of rotatable bonds is 3. The minimum absolute atomic E-state index is 0.121. The van der Waals surface area contributed by atoms with E-state index in [0.717, 1.165) is 17.1 Å². The van der Waals surface area contributed by atoms with Gasteiger partial charge >= 0.3 is 0 Å². The summed E-state index contributed by atoms with van der Waals surface area (Å²) >= 11 is 0. The van der Waals surface area contributed by atoms with E-state index >= 15 is 0 Å². The quantitative estimate of drug-likeness (QED) is 0.901. The molecule has 0 aliphatic heterocycles. The largest absolute Gasteiger partial charge is 0.497 e. The predicted molar refractivity (Wildman–Crippen MR) is 69.2 cm³/mol. The van der Waals surface area contributed by atoms with Gasteiger partial charge in [0.1, 0.15) is 11.6 Å². The first kappa shape index (κ1) is 12.2. The van der Waals surface area contributed by atoms with Crippen LogP contribution in [0, 0.1) is 6.92 Å². The number of carbonyl (C=O) groups is 1. The predicted octanol–water partition coefficient (Wildman–Crippen LogP) is 2.15. The van der Waals surface area contributed by atoms with Gasteiger partial charge in [-0.2, -0.15) is 5.10 Å². The zero-order chi connectivity index (χ0) is 13.1. The molecule has 2 aromatic rings. The fourth-order valence-corrected chi connectivity index (χ4v) is 1.69. The average Bonchev–Trinajstić information content (AvgIpc) is 2.69. The van der Waals surface area contributed by atoms with E-state index in [0.29, 0.717) is 5.82 Å². The van der Waals surface area contributed by atoms with Crippen molar-refractivity contribution in [3.63, 3.8) is 0 Å². The molecular formula is C13H15N3O2. The number of hydrogen-bond acceptors (Lipinski definition) is 3. The third-order valence-corrected chi connectivity index (χ3v) is 2.45. The fraction of sp³-hybridized carbons (Fsp3) is 0.231. The lowest BCUT2D eigenvalue weighted by Gasteiger charge is -2.08.